The molecule has 0 fully saturated rings. The number of ketones is 1. The SMILES string of the molecule is CC(C)n1ccc(CC(=O)C2NCCc3ccccc32)n1. The second-order valence-corrected chi connectivity index (χ2v) is 5.86. The van der Waals surface area contributed by atoms with Gasteiger partial charge in [0.1, 0.15) is 0 Å². The van der Waals surface area contributed by atoms with Gasteiger partial charge < -0.3 is 5.32 Å². The summed E-state index contributed by atoms with van der Waals surface area (Å²) in [4.78, 5) is 12.6. The van der Waals surface area contributed by atoms with E-state index in [1.807, 2.05) is 29.1 Å². The number of hydrogen-bond donors (Lipinski definition) is 1. The van der Waals surface area contributed by atoms with Crippen molar-refractivity contribution >= 4 is 5.78 Å². The van der Waals surface area contributed by atoms with Gasteiger partial charge in [0.05, 0.1) is 18.2 Å². The summed E-state index contributed by atoms with van der Waals surface area (Å²) < 4.78 is 1.89. The van der Waals surface area contributed by atoms with Gasteiger partial charge >= 0.3 is 0 Å². The van der Waals surface area contributed by atoms with Crippen LogP contribution in [-0.4, -0.2) is 22.1 Å². The van der Waals surface area contributed by atoms with E-state index < -0.39 is 0 Å². The highest BCUT2D eigenvalue weighted by Gasteiger charge is 2.26. The lowest BCUT2D eigenvalue weighted by Gasteiger charge is -2.25. The van der Waals surface area contributed by atoms with E-state index in [0.717, 1.165) is 24.2 Å². The maximum absolute atomic E-state index is 12.6. The average molecular weight is 283 g/mol. The van der Waals surface area contributed by atoms with E-state index in [0.29, 0.717) is 12.5 Å². The summed E-state index contributed by atoms with van der Waals surface area (Å²) in [6.07, 6.45) is 3.31. The lowest BCUT2D eigenvalue weighted by molar-refractivity contribution is -0.120. The van der Waals surface area contributed by atoms with Crippen molar-refractivity contribution in [2.75, 3.05) is 6.54 Å². The maximum atomic E-state index is 12.6. The molecule has 1 N–H and O–H groups in total. The number of aromatic nitrogens is 2. The number of nitrogens with one attached hydrogen (secondary N) is 1. The number of nitrogens with zero attached hydrogens (tertiary/aromatic N) is 2. The molecule has 1 aromatic heterocycles. The van der Waals surface area contributed by atoms with Crippen LogP contribution in [0.25, 0.3) is 0 Å². The van der Waals surface area contributed by atoms with Crippen LogP contribution < -0.4 is 5.32 Å². The molecule has 0 bridgehead atoms. The minimum absolute atomic E-state index is 0.191. The molecule has 0 amide bonds. The molecule has 2 aromatic rings. The number of hydrogen-bond acceptors (Lipinski definition) is 3. The van der Waals surface area contributed by atoms with Crippen LogP contribution in [0.4, 0.5) is 0 Å². The molecule has 4 nitrogen and oxygen atoms in total. The number of carbonyl (C=O) groups excluding carboxylic acids is 1. The summed E-state index contributed by atoms with van der Waals surface area (Å²) in [7, 11) is 0. The monoisotopic (exact) mass is 283 g/mol. The molecular weight excluding hydrogens is 262 g/mol. The zero-order chi connectivity index (χ0) is 14.8. The number of Topliss-reactive ketones (excluding diaryl/α,β-unsaturated/α-hetero) is 1. The van der Waals surface area contributed by atoms with Crippen molar-refractivity contribution in [3.63, 3.8) is 0 Å². The van der Waals surface area contributed by atoms with Crippen LogP contribution in [0.1, 0.15) is 42.8 Å². The highest BCUT2D eigenvalue weighted by molar-refractivity contribution is 5.87. The molecular formula is C17H21N3O. The quantitative estimate of drug-likeness (QED) is 0.937. The van der Waals surface area contributed by atoms with Crippen LogP contribution in [0, 0.1) is 0 Å². The number of benzene rings is 1. The van der Waals surface area contributed by atoms with Gasteiger partial charge in [-0.25, -0.2) is 0 Å². The Balaban J connectivity index is 1.77. The minimum atomic E-state index is -0.195. The zero-order valence-corrected chi connectivity index (χ0v) is 12.5. The number of fused-ring (bicyclic) bond motifs is 1. The predicted molar refractivity (Wildman–Crippen MR) is 82.2 cm³/mol. The van der Waals surface area contributed by atoms with E-state index in [4.69, 9.17) is 0 Å². The van der Waals surface area contributed by atoms with E-state index in [-0.39, 0.29) is 11.8 Å². The molecule has 0 aliphatic carbocycles. The van der Waals surface area contributed by atoms with Crippen molar-refractivity contribution in [1.29, 1.82) is 0 Å². The molecule has 3 rings (SSSR count). The van der Waals surface area contributed by atoms with E-state index >= 15 is 0 Å². The molecule has 0 saturated carbocycles. The third-order valence-corrected chi connectivity index (χ3v) is 3.98. The maximum Gasteiger partial charge on any atom is 0.160 e. The van der Waals surface area contributed by atoms with E-state index in [1.54, 1.807) is 0 Å². The molecule has 0 saturated heterocycles. The average Bonchev–Trinajstić information content (AvgIpc) is 2.95. The fourth-order valence-corrected chi connectivity index (χ4v) is 2.83. The second-order valence-electron chi connectivity index (χ2n) is 5.86. The van der Waals surface area contributed by atoms with Crippen molar-refractivity contribution in [2.24, 2.45) is 0 Å². The van der Waals surface area contributed by atoms with Gasteiger partial charge in [0.25, 0.3) is 0 Å². The molecule has 1 unspecified atom stereocenters. The third-order valence-electron chi connectivity index (χ3n) is 3.98. The predicted octanol–water partition coefficient (Wildman–Crippen LogP) is 2.46. The van der Waals surface area contributed by atoms with Gasteiger partial charge in [-0.05, 0) is 37.5 Å². The number of rotatable bonds is 4. The van der Waals surface area contributed by atoms with Crippen LogP contribution in [0.3, 0.4) is 0 Å². The number of carbonyl (C=O) groups is 1. The molecule has 1 aliphatic rings. The van der Waals surface area contributed by atoms with Crippen molar-refractivity contribution in [3.05, 3.63) is 53.3 Å². The van der Waals surface area contributed by atoms with Crippen LogP contribution in [0.2, 0.25) is 0 Å². The molecule has 0 radical (unpaired) electrons. The van der Waals surface area contributed by atoms with Gasteiger partial charge in [0.15, 0.2) is 5.78 Å². The lowest BCUT2D eigenvalue weighted by Crippen LogP contribution is -2.35. The summed E-state index contributed by atoms with van der Waals surface area (Å²) in [6, 6.07) is 10.3. The summed E-state index contributed by atoms with van der Waals surface area (Å²) >= 11 is 0. The Morgan fingerprint density at radius 1 is 1.38 bits per heavy atom. The smallest absolute Gasteiger partial charge is 0.160 e. The fourth-order valence-electron chi connectivity index (χ4n) is 2.83. The van der Waals surface area contributed by atoms with Crippen molar-refractivity contribution in [2.45, 2.75) is 38.8 Å². The minimum Gasteiger partial charge on any atom is -0.303 e. The molecule has 1 atom stereocenters. The Kier molecular flexibility index (Phi) is 3.88. The molecule has 0 spiro atoms. The standard InChI is InChI=1S/C17H21N3O/c1-12(2)20-10-8-14(19-20)11-16(21)17-15-6-4-3-5-13(15)7-9-18-17/h3-6,8,10,12,17-18H,7,9,11H2,1-2H3. The van der Waals surface area contributed by atoms with E-state index in [9.17, 15) is 4.79 Å². The summed E-state index contributed by atoms with van der Waals surface area (Å²) in [6.45, 7) is 5.02. The van der Waals surface area contributed by atoms with Crippen molar-refractivity contribution in [3.8, 4) is 0 Å². The first kappa shape index (κ1) is 14.0. The summed E-state index contributed by atoms with van der Waals surface area (Å²) in [5.74, 6) is 0.191. The third kappa shape index (κ3) is 2.90. The van der Waals surface area contributed by atoms with Gasteiger partial charge in [-0.3, -0.25) is 9.48 Å². The topological polar surface area (TPSA) is 46.9 Å². The van der Waals surface area contributed by atoms with Crippen molar-refractivity contribution in [1.82, 2.24) is 15.1 Å². The molecule has 2 heterocycles. The largest absolute Gasteiger partial charge is 0.303 e. The van der Waals surface area contributed by atoms with Crippen LogP contribution in [0.5, 0.6) is 0 Å². The highest BCUT2D eigenvalue weighted by atomic mass is 16.1. The Morgan fingerprint density at radius 2 is 2.19 bits per heavy atom. The summed E-state index contributed by atoms with van der Waals surface area (Å²) in [5.41, 5.74) is 3.25. The Labute approximate surface area is 125 Å². The Hall–Kier alpha value is -1.94. The van der Waals surface area contributed by atoms with Gasteiger partial charge in [-0.1, -0.05) is 24.3 Å². The highest BCUT2D eigenvalue weighted by Crippen LogP contribution is 2.24. The zero-order valence-electron chi connectivity index (χ0n) is 12.5. The molecule has 4 heteroatoms. The van der Waals surface area contributed by atoms with Crippen LogP contribution in [-0.2, 0) is 17.6 Å². The molecule has 1 aliphatic heterocycles. The molecule has 21 heavy (non-hydrogen) atoms. The first-order valence-corrected chi connectivity index (χ1v) is 7.53. The van der Waals surface area contributed by atoms with Gasteiger partial charge in [-0.2, -0.15) is 5.10 Å². The normalized spacial score (nSPS) is 17.8. The van der Waals surface area contributed by atoms with E-state index in [1.165, 1.54) is 5.56 Å². The van der Waals surface area contributed by atoms with Crippen LogP contribution in [0.15, 0.2) is 36.5 Å². The Bertz CT molecular complexity index is 645. The van der Waals surface area contributed by atoms with Gasteiger partial charge in [-0.15, -0.1) is 0 Å². The van der Waals surface area contributed by atoms with Crippen molar-refractivity contribution < 1.29 is 4.79 Å². The summed E-state index contributed by atoms with van der Waals surface area (Å²) in [5, 5.41) is 7.81. The van der Waals surface area contributed by atoms with E-state index in [2.05, 4.69) is 36.4 Å². The Morgan fingerprint density at radius 3 is 2.95 bits per heavy atom. The lowest BCUT2D eigenvalue weighted by atomic mass is 9.90. The molecule has 110 valence electrons. The van der Waals surface area contributed by atoms with Gasteiger partial charge in [0.2, 0.25) is 0 Å². The molecule has 1 aromatic carbocycles. The second kappa shape index (κ2) is 5.82. The van der Waals surface area contributed by atoms with Gasteiger partial charge in [0, 0.05) is 18.8 Å². The first-order chi connectivity index (χ1) is 10.1. The fraction of sp³-hybridized carbons (Fsp3) is 0.412. The first-order valence-electron chi connectivity index (χ1n) is 7.53. The van der Waals surface area contributed by atoms with Crippen LogP contribution >= 0.6 is 0 Å².